The highest BCUT2D eigenvalue weighted by atomic mass is 16.2. The van der Waals surface area contributed by atoms with Gasteiger partial charge in [0.15, 0.2) is 11.6 Å². The molecule has 0 radical (unpaired) electrons. The monoisotopic (exact) mass is 374 g/mol. The highest BCUT2D eigenvalue weighted by Gasteiger charge is 2.20. The van der Waals surface area contributed by atoms with Gasteiger partial charge in [-0.25, -0.2) is 0 Å². The second kappa shape index (κ2) is 7.38. The molecule has 3 aromatic rings. The highest BCUT2D eigenvalue weighted by Crippen LogP contribution is 2.18. The Morgan fingerprint density at radius 1 is 1.04 bits per heavy atom. The van der Waals surface area contributed by atoms with Crippen molar-refractivity contribution in [1.29, 1.82) is 0 Å². The van der Waals surface area contributed by atoms with E-state index in [-0.39, 0.29) is 18.2 Å². The maximum atomic E-state index is 13.0. The van der Waals surface area contributed by atoms with E-state index in [1.165, 1.54) is 0 Å². The number of rotatable bonds is 5. The van der Waals surface area contributed by atoms with Crippen molar-refractivity contribution in [2.45, 2.75) is 39.8 Å². The molecule has 1 N–H and O–H groups in total. The van der Waals surface area contributed by atoms with Gasteiger partial charge in [0.1, 0.15) is 5.82 Å². The maximum absolute atomic E-state index is 13.0. The smallest absolute Gasteiger partial charge is 0.252 e. The van der Waals surface area contributed by atoms with Gasteiger partial charge in [-0.05, 0) is 43.5 Å². The van der Waals surface area contributed by atoms with Crippen molar-refractivity contribution in [2.24, 2.45) is 0 Å². The van der Waals surface area contributed by atoms with Gasteiger partial charge in [0, 0.05) is 24.1 Å². The van der Waals surface area contributed by atoms with Crippen LogP contribution in [0, 0.1) is 13.8 Å². The molecule has 2 aromatic carbocycles. The van der Waals surface area contributed by atoms with Crippen LogP contribution in [0.2, 0.25) is 0 Å². The summed E-state index contributed by atoms with van der Waals surface area (Å²) >= 11 is 0. The Morgan fingerprint density at radius 3 is 2.61 bits per heavy atom. The first-order chi connectivity index (χ1) is 13.5. The zero-order valence-corrected chi connectivity index (χ0v) is 16.0. The summed E-state index contributed by atoms with van der Waals surface area (Å²) < 4.78 is 2.05. The summed E-state index contributed by atoms with van der Waals surface area (Å²) in [5, 5.41) is 11.2. The average molecular weight is 374 g/mol. The Labute approximate surface area is 163 Å². The maximum Gasteiger partial charge on any atom is 0.252 e. The van der Waals surface area contributed by atoms with Crippen LogP contribution in [0.4, 0.5) is 0 Å². The number of aryl methyl sites for hydroxylation is 3. The summed E-state index contributed by atoms with van der Waals surface area (Å²) in [6.07, 6.45) is 1.98. The molecule has 28 heavy (non-hydrogen) atoms. The van der Waals surface area contributed by atoms with Crippen LogP contribution in [0.1, 0.15) is 55.5 Å². The van der Waals surface area contributed by atoms with Crippen LogP contribution in [0.5, 0.6) is 0 Å². The Balaban J connectivity index is 1.55. The van der Waals surface area contributed by atoms with Crippen LogP contribution in [0.25, 0.3) is 0 Å². The summed E-state index contributed by atoms with van der Waals surface area (Å²) in [5.41, 5.74) is 3.53. The predicted molar refractivity (Wildman–Crippen MR) is 105 cm³/mol. The third kappa shape index (κ3) is 3.33. The molecule has 4 rings (SSSR count). The first-order valence-corrected chi connectivity index (χ1v) is 9.44. The van der Waals surface area contributed by atoms with E-state index < -0.39 is 0 Å². The van der Waals surface area contributed by atoms with Crippen LogP contribution in [0.15, 0.2) is 42.5 Å². The van der Waals surface area contributed by atoms with Crippen LogP contribution >= 0.6 is 0 Å². The molecule has 0 aliphatic carbocycles. The highest BCUT2D eigenvalue weighted by molar-refractivity contribution is 6.15. The predicted octanol–water partition coefficient (Wildman–Crippen LogP) is 3.00. The van der Waals surface area contributed by atoms with Crippen LogP contribution in [-0.2, 0) is 19.5 Å². The Kier molecular flexibility index (Phi) is 4.77. The van der Waals surface area contributed by atoms with Gasteiger partial charge in [0.2, 0.25) is 0 Å². The fourth-order valence-electron chi connectivity index (χ4n) is 3.51. The molecule has 1 aliphatic rings. The molecule has 0 bridgehead atoms. The molecule has 1 aromatic heterocycles. The molecule has 6 heteroatoms. The van der Waals surface area contributed by atoms with Crippen LogP contribution in [0.3, 0.4) is 0 Å². The van der Waals surface area contributed by atoms with Crippen molar-refractivity contribution in [3.05, 3.63) is 81.9 Å². The van der Waals surface area contributed by atoms with Gasteiger partial charge in [-0.2, -0.15) is 0 Å². The summed E-state index contributed by atoms with van der Waals surface area (Å²) in [6.45, 7) is 5.15. The summed E-state index contributed by atoms with van der Waals surface area (Å²) in [5.74, 6) is 1.27. The summed E-state index contributed by atoms with van der Waals surface area (Å²) in [4.78, 5) is 25.8. The van der Waals surface area contributed by atoms with Gasteiger partial charge in [-0.1, -0.05) is 30.3 Å². The van der Waals surface area contributed by atoms with E-state index in [4.69, 9.17) is 0 Å². The minimum atomic E-state index is -0.289. The first-order valence-electron chi connectivity index (χ1n) is 9.44. The Hall–Kier alpha value is -3.28. The Bertz CT molecular complexity index is 1070. The zero-order chi connectivity index (χ0) is 19.7. The molecule has 1 amide bonds. The molecule has 0 unspecified atom stereocenters. The summed E-state index contributed by atoms with van der Waals surface area (Å²) in [6, 6.07) is 12.5. The second-order valence-corrected chi connectivity index (χ2v) is 7.14. The number of nitrogens with one attached hydrogen (secondary N) is 1. The van der Waals surface area contributed by atoms with Crippen molar-refractivity contribution in [3.8, 4) is 0 Å². The molecule has 0 fully saturated rings. The molecule has 0 atom stereocenters. The van der Waals surface area contributed by atoms with Gasteiger partial charge < -0.3 is 9.88 Å². The fraction of sp³-hybridized carbons (Fsp3) is 0.273. The number of carbonyl (C=O) groups is 2. The minimum Gasteiger partial charge on any atom is -0.345 e. The second-order valence-electron chi connectivity index (χ2n) is 7.14. The number of hydrogen-bond donors (Lipinski definition) is 1. The molecule has 6 nitrogen and oxygen atoms in total. The van der Waals surface area contributed by atoms with E-state index in [0.717, 1.165) is 42.2 Å². The lowest BCUT2D eigenvalue weighted by Gasteiger charge is -2.11. The molecule has 2 heterocycles. The first kappa shape index (κ1) is 18.1. The van der Waals surface area contributed by atoms with E-state index in [2.05, 4.69) is 15.5 Å². The van der Waals surface area contributed by atoms with Crippen LogP contribution in [-0.4, -0.2) is 26.5 Å². The van der Waals surface area contributed by atoms with Gasteiger partial charge in [0.25, 0.3) is 5.91 Å². The fourth-order valence-corrected chi connectivity index (χ4v) is 3.51. The van der Waals surface area contributed by atoms with Gasteiger partial charge in [-0.15, -0.1) is 10.2 Å². The normalized spacial score (nSPS) is 12.6. The number of ketones is 1. The van der Waals surface area contributed by atoms with Gasteiger partial charge in [-0.3, -0.25) is 9.59 Å². The zero-order valence-electron chi connectivity index (χ0n) is 16.0. The quantitative estimate of drug-likeness (QED) is 0.697. The van der Waals surface area contributed by atoms with Crippen molar-refractivity contribution >= 4 is 11.7 Å². The Morgan fingerprint density at radius 2 is 1.82 bits per heavy atom. The largest absolute Gasteiger partial charge is 0.345 e. The lowest BCUT2D eigenvalue weighted by molar-refractivity contribution is 0.0938. The minimum absolute atomic E-state index is 0.155. The lowest BCUT2D eigenvalue weighted by Crippen LogP contribution is -2.26. The number of benzene rings is 2. The van der Waals surface area contributed by atoms with E-state index in [9.17, 15) is 9.59 Å². The molecular formula is C22H22N4O2. The molecule has 0 saturated carbocycles. The standard InChI is InChI=1S/C22H22N4O2/c1-14-9-10-16(12-15(14)2)21(27)17-6-3-4-7-18(17)22(28)23-13-20-25-24-19-8-5-11-26(19)20/h3-4,6-7,9-10,12H,5,8,11,13H2,1-2H3,(H,23,28). The van der Waals surface area contributed by atoms with Crippen LogP contribution < -0.4 is 5.32 Å². The van der Waals surface area contributed by atoms with E-state index in [1.54, 1.807) is 30.3 Å². The molecule has 1 aliphatic heterocycles. The molecule has 0 saturated heterocycles. The lowest BCUT2D eigenvalue weighted by atomic mass is 9.95. The van der Waals surface area contributed by atoms with Gasteiger partial charge >= 0.3 is 0 Å². The van der Waals surface area contributed by atoms with E-state index >= 15 is 0 Å². The number of nitrogens with zero attached hydrogens (tertiary/aromatic N) is 3. The number of carbonyl (C=O) groups excluding carboxylic acids is 2. The number of fused-ring (bicyclic) bond motifs is 1. The number of hydrogen-bond acceptors (Lipinski definition) is 4. The van der Waals surface area contributed by atoms with E-state index in [1.807, 2.05) is 30.5 Å². The third-order valence-electron chi connectivity index (χ3n) is 5.28. The summed E-state index contributed by atoms with van der Waals surface area (Å²) in [7, 11) is 0. The van der Waals surface area contributed by atoms with Crippen molar-refractivity contribution in [2.75, 3.05) is 0 Å². The number of aromatic nitrogens is 3. The van der Waals surface area contributed by atoms with Gasteiger partial charge in [0.05, 0.1) is 12.1 Å². The molecular weight excluding hydrogens is 352 g/mol. The van der Waals surface area contributed by atoms with E-state index in [0.29, 0.717) is 16.7 Å². The average Bonchev–Trinajstić information content (AvgIpc) is 3.32. The molecule has 142 valence electrons. The van der Waals surface area contributed by atoms with Crippen molar-refractivity contribution in [1.82, 2.24) is 20.1 Å². The van der Waals surface area contributed by atoms with Crippen molar-refractivity contribution in [3.63, 3.8) is 0 Å². The van der Waals surface area contributed by atoms with Crippen molar-refractivity contribution < 1.29 is 9.59 Å². The topological polar surface area (TPSA) is 76.9 Å². The third-order valence-corrected chi connectivity index (χ3v) is 5.28. The SMILES string of the molecule is Cc1ccc(C(=O)c2ccccc2C(=O)NCc2nnc3n2CCC3)cc1C. The molecule has 0 spiro atoms. The number of amides is 1.